The van der Waals surface area contributed by atoms with E-state index in [0.717, 1.165) is 5.69 Å². The second kappa shape index (κ2) is 8.89. The van der Waals surface area contributed by atoms with E-state index < -0.39 is 12.0 Å². The van der Waals surface area contributed by atoms with E-state index in [1.165, 1.54) is 0 Å². The summed E-state index contributed by atoms with van der Waals surface area (Å²) in [5.41, 5.74) is 6.35. The maximum atomic E-state index is 10.6. The van der Waals surface area contributed by atoms with E-state index in [9.17, 15) is 4.79 Å². The van der Waals surface area contributed by atoms with Crippen LogP contribution in [-0.4, -0.2) is 48.6 Å². The first-order valence-corrected chi connectivity index (χ1v) is 7.23. The minimum atomic E-state index is -1.09. The molecule has 1 rings (SSSR count). The van der Waals surface area contributed by atoms with Gasteiger partial charge in [-0.3, -0.25) is 4.79 Å². The molecule has 1 aromatic carbocycles. The van der Waals surface area contributed by atoms with Gasteiger partial charge in [0.1, 0.15) is 18.4 Å². The average Bonchev–Trinajstić information content (AvgIpc) is 2.45. The lowest BCUT2D eigenvalue weighted by atomic mass is 10.2. The average molecular weight is 321 g/mol. The van der Waals surface area contributed by atoms with Gasteiger partial charge < -0.3 is 20.5 Å². The van der Waals surface area contributed by atoms with Crippen LogP contribution in [0.2, 0.25) is 0 Å². The van der Waals surface area contributed by atoms with Gasteiger partial charge >= 0.3 is 5.97 Å². The maximum Gasteiger partial charge on any atom is 0.324 e. The van der Waals surface area contributed by atoms with Crippen molar-refractivity contribution in [2.24, 2.45) is 5.73 Å². The third-order valence-corrected chi connectivity index (χ3v) is 3.00. The number of carboxylic acid groups (broad SMARTS) is 1. The number of nitrogens with two attached hydrogens (primary N) is 1. The Kier molecular flexibility index (Phi) is 7.51. The number of halogens is 2. The van der Waals surface area contributed by atoms with Gasteiger partial charge in [0.25, 0.3) is 0 Å². The highest BCUT2D eigenvalue weighted by Gasteiger charge is 2.12. The molecule has 0 unspecified atom stereocenters. The summed E-state index contributed by atoms with van der Waals surface area (Å²) in [5.74, 6) is 0.518. The molecule has 5 nitrogen and oxygen atoms in total. The number of carboxylic acids is 1. The molecular formula is C13H18Cl2N2O3. The highest BCUT2D eigenvalue weighted by atomic mass is 35.5. The quantitative estimate of drug-likeness (QED) is 0.678. The Balaban J connectivity index is 2.60. The molecule has 0 saturated carbocycles. The third kappa shape index (κ3) is 5.45. The summed E-state index contributed by atoms with van der Waals surface area (Å²) in [6.07, 6.45) is 0. The first-order chi connectivity index (χ1) is 9.58. The Morgan fingerprint density at radius 2 is 1.80 bits per heavy atom. The second-order valence-corrected chi connectivity index (χ2v) is 4.87. The number of carbonyl (C=O) groups is 1. The topological polar surface area (TPSA) is 75.8 Å². The van der Waals surface area contributed by atoms with Gasteiger partial charge in [0, 0.05) is 30.5 Å². The van der Waals surface area contributed by atoms with Gasteiger partial charge in [-0.05, 0) is 24.3 Å². The van der Waals surface area contributed by atoms with Gasteiger partial charge in [-0.1, -0.05) is 0 Å². The molecule has 0 fully saturated rings. The van der Waals surface area contributed by atoms with Crippen molar-refractivity contribution in [3.8, 4) is 5.75 Å². The first-order valence-electron chi connectivity index (χ1n) is 6.16. The Morgan fingerprint density at radius 1 is 1.25 bits per heavy atom. The number of nitrogens with zero attached hydrogens (tertiary/aromatic N) is 1. The van der Waals surface area contributed by atoms with Crippen LogP contribution in [0.3, 0.4) is 0 Å². The van der Waals surface area contributed by atoms with Gasteiger partial charge in [0.05, 0.1) is 0 Å². The molecular weight excluding hydrogens is 303 g/mol. The van der Waals surface area contributed by atoms with Crippen molar-refractivity contribution in [2.75, 3.05) is 36.4 Å². The predicted molar refractivity (Wildman–Crippen MR) is 81.2 cm³/mol. The molecule has 112 valence electrons. The van der Waals surface area contributed by atoms with Gasteiger partial charge in [-0.15, -0.1) is 23.2 Å². The zero-order chi connectivity index (χ0) is 15.0. The van der Waals surface area contributed by atoms with Crippen molar-refractivity contribution in [3.05, 3.63) is 24.3 Å². The fourth-order valence-corrected chi connectivity index (χ4v) is 1.99. The molecule has 0 spiro atoms. The van der Waals surface area contributed by atoms with Gasteiger partial charge in [0.15, 0.2) is 0 Å². The molecule has 0 aliphatic rings. The minimum Gasteiger partial charge on any atom is -0.491 e. The fraction of sp³-hybridized carbons (Fsp3) is 0.462. The molecule has 3 N–H and O–H groups in total. The van der Waals surface area contributed by atoms with Gasteiger partial charge in [-0.25, -0.2) is 0 Å². The van der Waals surface area contributed by atoms with Gasteiger partial charge in [-0.2, -0.15) is 0 Å². The molecule has 0 aliphatic heterocycles. The summed E-state index contributed by atoms with van der Waals surface area (Å²) < 4.78 is 5.31. The van der Waals surface area contributed by atoms with E-state index in [-0.39, 0.29) is 6.61 Å². The number of hydrogen-bond acceptors (Lipinski definition) is 4. The molecule has 0 aromatic heterocycles. The van der Waals surface area contributed by atoms with Crippen LogP contribution in [0.4, 0.5) is 5.69 Å². The number of ether oxygens (including phenoxy) is 1. The number of rotatable bonds is 9. The lowest BCUT2D eigenvalue weighted by molar-refractivity contribution is -0.139. The predicted octanol–water partition coefficient (Wildman–Crippen LogP) is 1.76. The monoisotopic (exact) mass is 320 g/mol. The number of anilines is 1. The zero-order valence-electron chi connectivity index (χ0n) is 11.0. The molecule has 7 heteroatoms. The van der Waals surface area contributed by atoms with E-state index in [1.54, 1.807) is 12.1 Å². The summed E-state index contributed by atoms with van der Waals surface area (Å²) in [5, 5.41) is 8.66. The molecule has 1 atom stereocenters. The van der Waals surface area contributed by atoms with E-state index in [1.807, 2.05) is 12.1 Å². The van der Waals surface area contributed by atoms with E-state index >= 15 is 0 Å². The summed E-state index contributed by atoms with van der Waals surface area (Å²) in [6.45, 7) is 1.35. The molecule has 0 aliphatic carbocycles. The largest absolute Gasteiger partial charge is 0.491 e. The van der Waals surface area contributed by atoms with Crippen molar-refractivity contribution in [2.45, 2.75) is 6.04 Å². The summed E-state index contributed by atoms with van der Waals surface area (Å²) in [4.78, 5) is 12.6. The smallest absolute Gasteiger partial charge is 0.324 e. The van der Waals surface area contributed by atoms with Crippen LogP contribution in [-0.2, 0) is 4.79 Å². The summed E-state index contributed by atoms with van der Waals surface area (Å²) in [7, 11) is 0. The third-order valence-electron chi connectivity index (χ3n) is 2.66. The SMILES string of the molecule is N[C@@H](COc1ccc(N(CCCl)CCCl)cc1)C(=O)O. The standard InChI is InChI=1S/C13H18Cl2N2O3/c14-5-7-17(8-6-15)10-1-3-11(4-2-10)20-9-12(16)13(18)19/h1-4,12H,5-9,16H2,(H,18,19)/t12-/m0/s1. The normalized spacial score (nSPS) is 11.9. The minimum absolute atomic E-state index is 0.0677. The molecule has 1 aromatic rings. The van der Waals surface area contributed by atoms with Crippen LogP contribution in [0.1, 0.15) is 0 Å². The fourth-order valence-electron chi connectivity index (χ4n) is 1.58. The Labute approximate surface area is 128 Å². The second-order valence-electron chi connectivity index (χ2n) is 4.11. The number of hydrogen-bond donors (Lipinski definition) is 2. The number of benzene rings is 1. The molecule has 0 saturated heterocycles. The first kappa shape index (κ1) is 16.9. The highest BCUT2D eigenvalue weighted by molar-refractivity contribution is 6.18. The molecule has 0 bridgehead atoms. The molecule has 20 heavy (non-hydrogen) atoms. The van der Waals surface area contributed by atoms with E-state index in [2.05, 4.69) is 4.90 Å². The van der Waals surface area contributed by atoms with Gasteiger partial charge in [0.2, 0.25) is 0 Å². The lowest BCUT2D eigenvalue weighted by Crippen LogP contribution is -2.36. The number of alkyl halides is 2. The van der Waals surface area contributed by atoms with Crippen LogP contribution in [0.5, 0.6) is 5.75 Å². The van der Waals surface area contributed by atoms with Crippen molar-refractivity contribution in [1.29, 1.82) is 0 Å². The van der Waals surface area contributed by atoms with Crippen LogP contribution in [0.25, 0.3) is 0 Å². The van der Waals surface area contributed by atoms with Crippen molar-refractivity contribution in [1.82, 2.24) is 0 Å². The zero-order valence-corrected chi connectivity index (χ0v) is 12.5. The summed E-state index contributed by atoms with van der Waals surface area (Å²) >= 11 is 11.5. The Hall–Kier alpha value is -1.17. The van der Waals surface area contributed by atoms with Crippen molar-refractivity contribution >= 4 is 34.9 Å². The molecule has 0 heterocycles. The van der Waals surface area contributed by atoms with Crippen LogP contribution >= 0.6 is 23.2 Å². The molecule has 0 amide bonds. The summed E-state index contributed by atoms with van der Waals surface area (Å²) in [6, 6.07) is 6.25. The number of aliphatic carboxylic acids is 1. The Morgan fingerprint density at radius 3 is 2.25 bits per heavy atom. The lowest BCUT2D eigenvalue weighted by Gasteiger charge is -2.23. The Bertz CT molecular complexity index is 409. The highest BCUT2D eigenvalue weighted by Crippen LogP contribution is 2.19. The van der Waals surface area contributed by atoms with Crippen LogP contribution in [0, 0.1) is 0 Å². The van der Waals surface area contributed by atoms with Crippen LogP contribution in [0.15, 0.2) is 24.3 Å². The van der Waals surface area contributed by atoms with Crippen molar-refractivity contribution in [3.63, 3.8) is 0 Å². The van der Waals surface area contributed by atoms with E-state index in [4.69, 9.17) is 38.8 Å². The van der Waals surface area contributed by atoms with Crippen molar-refractivity contribution < 1.29 is 14.6 Å². The molecule has 0 radical (unpaired) electrons. The van der Waals surface area contributed by atoms with E-state index in [0.29, 0.717) is 30.6 Å². The maximum absolute atomic E-state index is 10.6. The van der Waals surface area contributed by atoms with Crippen LogP contribution < -0.4 is 15.4 Å².